The van der Waals surface area contributed by atoms with Gasteiger partial charge >= 0.3 is 5.97 Å². The summed E-state index contributed by atoms with van der Waals surface area (Å²) < 4.78 is 0. The van der Waals surface area contributed by atoms with Gasteiger partial charge in [0.25, 0.3) is 0 Å². The third kappa shape index (κ3) is 3.45. The Morgan fingerprint density at radius 3 is 2.33 bits per heavy atom. The quantitative estimate of drug-likeness (QED) is 0.698. The molecule has 0 aromatic heterocycles. The fourth-order valence-corrected chi connectivity index (χ4v) is 2.43. The van der Waals surface area contributed by atoms with Crippen molar-refractivity contribution in [2.75, 3.05) is 26.2 Å². The van der Waals surface area contributed by atoms with Gasteiger partial charge in [0.1, 0.15) is 0 Å². The first-order chi connectivity index (χ1) is 8.55. The summed E-state index contributed by atoms with van der Waals surface area (Å²) in [6, 6.07) is 0. The van der Waals surface area contributed by atoms with Gasteiger partial charge in [0.2, 0.25) is 5.91 Å². The van der Waals surface area contributed by atoms with E-state index >= 15 is 0 Å². The Bertz CT molecular complexity index is 297. The van der Waals surface area contributed by atoms with Crippen molar-refractivity contribution in [1.29, 1.82) is 0 Å². The Hall–Kier alpha value is -1.10. The molecule has 0 aliphatic carbocycles. The number of aliphatic carboxylic acids is 1. The van der Waals surface area contributed by atoms with Crippen LogP contribution in [0.15, 0.2) is 0 Å². The fraction of sp³-hybridized carbons (Fsp3) is 0.846. The van der Waals surface area contributed by atoms with Crippen LogP contribution in [0.2, 0.25) is 0 Å². The molecule has 0 radical (unpaired) electrons. The molecule has 2 N–H and O–H groups in total. The van der Waals surface area contributed by atoms with Crippen molar-refractivity contribution in [3.8, 4) is 0 Å². The van der Waals surface area contributed by atoms with Crippen molar-refractivity contribution in [3.63, 3.8) is 0 Å². The molecule has 1 aliphatic heterocycles. The highest BCUT2D eigenvalue weighted by atomic mass is 16.4. The first kappa shape index (κ1) is 15.0. The summed E-state index contributed by atoms with van der Waals surface area (Å²) in [6.07, 6.45) is 2.29. The monoisotopic (exact) mass is 256 g/mol. The minimum Gasteiger partial charge on any atom is -0.481 e. The molecule has 104 valence electrons. The van der Waals surface area contributed by atoms with E-state index in [2.05, 4.69) is 5.32 Å². The van der Waals surface area contributed by atoms with Gasteiger partial charge in [-0.1, -0.05) is 13.8 Å². The molecule has 1 aliphatic rings. The van der Waals surface area contributed by atoms with Crippen LogP contribution in [0, 0.1) is 5.41 Å². The predicted molar refractivity (Wildman–Crippen MR) is 69.3 cm³/mol. The zero-order chi connectivity index (χ0) is 13.6. The molecule has 0 saturated carbocycles. The normalized spacial score (nSPS) is 18.7. The van der Waals surface area contributed by atoms with E-state index in [1.807, 2.05) is 13.8 Å². The largest absolute Gasteiger partial charge is 0.481 e. The van der Waals surface area contributed by atoms with Crippen LogP contribution < -0.4 is 5.32 Å². The van der Waals surface area contributed by atoms with Crippen LogP contribution in [0.5, 0.6) is 0 Å². The molecule has 0 atom stereocenters. The van der Waals surface area contributed by atoms with E-state index in [1.54, 1.807) is 4.90 Å². The lowest BCUT2D eigenvalue weighted by atomic mass is 9.76. The third-order valence-electron chi connectivity index (χ3n) is 3.97. The first-order valence-electron chi connectivity index (χ1n) is 6.77. The molecule has 5 heteroatoms. The molecule has 5 nitrogen and oxygen atoms in total. The maximum atomic E-state index is 11.9. The van der Waals surface area contributed by atoms with Crippen LogP contribution in [-0.2, 0) is 9.59 Å². The smallest absolute Gasteiger partial charge is 0.309 e. The number of hydrogen-bond acceptors (Lipinski definition) is 3. The fourth-order valence-electron chi connectivity index (χ4n) is 2.43. The van der Waals surface area contributed by atoms with Crippen molar-refractivity contribution in [2.45, 2.75) is 39.5 Å². The van der Waals surface area contributed by atoms with E-state index in [-0.39, 0.29) is 5.91 Å². The molecular formula is C13H24N2O3. The van der Waals surface area contributed by atoms with Crippen LogP contribution in [0.25, 0.3) is 0 Å². The number of nitrogens with one attached hydrogen (secondary N) is 1. The third-order valence-corrected chi connectivity index (χ3v) is 3.97. The number of amides is 1. The predicted octanol–water partition coefficient (Wildman–Crippen LogP) is 1.09. The summed E-state index contributed by atoms with van der Waals surface area (Å²) in [5, 5.41) is 12.4. The second-order valence-corrected chi connectivity index (χ2v) is 4.92. The van der Waals surface area contributed by atoms with Gasteiger partial charge in [-0.3, -0.25) is 9.59 Å². The summed E-state index contributed by atoms with van der Waals surface area (Å²) in [6.45, 7) is 6.63. The molecule has 0 spiro atoms. The van der Waals surface area contributed by atoms with Crippen LogP contribution >= 0.6 is 0 Å². The topological polar surface area (TPSA) is 69.6 Å². The number of likely N-dealkylation sites (tertiary alicyclic amines) is 1. The Kier molecular flexibility index (Phi) is 5.59. The second kappa shape index (κ2) is 6.73. The Balaban J connectivity index is 2.43. The molecule has 1 saturated heterocycles. The zero-order valence-corrected chi connectivity index (χ0v) is 11.4. The SMILES string of the molecule is CCNCCC(=O)N1CCC(CC)(C(=O)O)CC1. The van der Waals surface area contributed by atoms with Gasteiger partial charge in [0.05, 0.1) is 5.41 Å². The van der Waals surface area contributed by atoms with Crippen molar-refractivity contribution in [1.82, 2.24) is 10.2 Å². The van der Waals surface area contributed by atoms with Gasteiger partial charge in [-0.15, -0.1) is 0 Å². The van der Waals surface area contributed by atoms with Crippen LogP contribution in [0.4, 0.5) is 0 Å². The van der Waals surface area contributed by atoms with E-state index in [0.29, 0.717) is 45.3 Å². The standard InChI is InChI=1S/C13H24N2O3/c1-3-13(12(17)18)6-9-15(10-7-13)11(16)5-8-14-4-2/h14H,3-10H2,1-2H3,(H,17,18). The highest BCUT2D eigenvalue weighted by molar-refractivity contribution is 5.78. The maximum Gasteiger partial charge on any atom is 0.309 e. The van der Waals surface area contributed by atoms with Gasteiger partial charge in [0.15, 0.2) is 0 Å². The van der Waals surface area contributed by atoms with Crippen molar-refractivity contribution in [2.24, 2.45) is 5.41 Å². The van der Waals surface area contributed by atoms with Crippen molar-refractivity contribution < 1.29 is 14.7 Å². The van der Waals surface area contributed by atoms with Crippen LogP contribution in [0.3, 0.4) is 0 Å². The first-order valence-corrected chi connectivity index (χ1v) is 6.77. The highest BCUT2D eigenvalue weighted by Gasteiger charge is 2.40. The Labute approximate surface area is 109 Å². The summed E-state index contributed by atoms with van der Waals surface area (Å²) >= 11 is 0. The number of carbonyl (C=O) groups excluding carboxylic acids is 1. The Morgan fingerprint density at radius 2 is 1.89 bits per heavy atom. The van der Waals surface area contributed by atoms with Gasteiger partial charge in [-0.05, 0) is 25.8 Å². The molecule has 0 unspecified atom stereocenters. The number of carboxylic acid groups (broad SMARTS) is 1. The average molecular weight is 256 g/mol. The molecule has 0 bridgehead atoms. The number of carboxylic acids is 1. The lowest BCUT2D eigenvalue weighted by Gasteiger charge is -2.38. The molecule has 1 heterocycles. The Morgan fingerprint density at radius 1 is 1.28 bits per heavy atom. The van der Waals surface area contributed by atoms with Crippen LogP contribution in [0.1, 0.15) is 39.5 Å². The van der Waals surface area contributed by atoms with Gasteiger partial charge in [-0.25, -0.2) is 0 Å². The molecule has 1 rings (SSSR count). The number of carbonyl (C=O) groups is 2. The second-order valence-electron chi connectivity index (χ2n) is 4.92. The molecule has 1 fully saturated rings. The van der Waals surface area contributed by atoms with E-state index in [1.165, 1.54) is 0 Å². The van der Waals surface area contributed by atoms with Gasteiger partial charge in [0, 0.05) is 26.1 Å². The maximum absolute atomic E-state index is 11.9. The number of rotatable bonds is 6. The molecule has 0 aromatic carbocycles. The highest BCUT2D eigenvalue weighted by Crippen LogP contribution is 2.35. The molecule has 1 amide bonds. The molecule has 0 aromatic rings. The van der Waals surface area contributed by atoms with Gasteiger partial charge < -0.3 is 15.3 Å². The summed E-state index contributed by atoms with van der Waals surface area (Å²) in [4.78, 5) is 25.0. The number of piperidine rings is 1. The lowest BCUT2D eigenvalue weighted by Crippen LogP contribution is -2.46. The summed E-state index contributed by atoms with van der Waals surface area (Å²) in [5.41, 5.74) is -0.613. The summed E-state index contributed by atoms with van der Waals surface area (Å²) in [7, 11) is 0. The minimum atomic E-state index is -0.718. The van der Waals surface area contributed by atoms with E-state index in [4.69, 9.17) is 0 Å². The number of nitrogens with zero attached hydrogens (tertiary/aromatic N) is 1. The molecule has 18 heavy (non-hydrogen) atoms. The lowest BCUT2D eigenvalue weighted by molar-refractivity contribution is -0.154. The number of hydrogen-bond donors (Lipinski definition) is 2. The van der Waals surface area contributed by atoms with Gasteiger partial charge in [-0.2, -0.15) is 0 Å². The van der Waals surface area contributed by atoms with Crippen LogP contribution in [-0.4, -0.2) is 48.1 Å². The summed E-state index contributed by atoms with van der Waals surface area (Å²) in [5.74, 6) is -0.587. The molecular weight excluding hydrogens is 232 g/mol. The zero-order valence-electron chi connectivity index (χ0n) is 11.4. The van der Waals surface area contributed by atoms with Crippen molar-refractivity contribution >= 4 is 11.9 Å². The van der Waals surface area contributed by atoms with Crippen molar-refractivity contribution in [3.05, 3.63) is 0 Å². The van der Waals surface area contributed by atoms with E-state index in [0.717, 1.165) is 6.54 Å². The van der Waals surface area contributed by atoms with E-state index in [9.17, 15) is 14.7 Å². The van der Waals surface area contributed by atoms with E-state index < -0.39 is 11.4 Å². The minimum absolute atomic E-state index is 0.131. The average Bonchev–Trinajstić information content (AvgIpc) is 2.38.